The topological polar surface area (TPSA) is 49.4 Å². The number of nitrogens with zero attached hydrogens (tertiary/aromatic N) is 1. The first-order valence-corrected chi connectivity index (χ1v) is 7.07. The molecule has 0 amide bonds. The Kier molecular flexibility index (Phi) is 6.40. The van der Waals surface area contributed by atoms with Gasteiger partial charge in [-0.1, -0.05) is 0 Å². The molecule has 0 aromatic rings. The van der Waals surface area contributed by atoms with Crippen LogP contribution in [0.4, 0.5) is 0 Å². The van der Waals surface area contributed by atoms with Crippen molar-refractivity contribution < 1.29 is 8.42 Å². The first-order chi connectivity index (χ1) is 6.77. The van der Waals surface area contributed by atoms with Crippen LogP contribution in [0.5, 0.6) is 0 Å². The molecule has 0 aromatic carbocycles. The maximum absolute atomic E-state index is 11.5. The molecule has 0 aliphatic heterocycles. The highest BCUT2D eigenvalue weighted by Gasteiger charge is 2.15. The van der Waals surface area contributed by atoms with E-state index in [9.17, 15) is 8.42 Å². The molecule has 0 radical (unpaired) electrons. The zero-order chi connectivity index (χ0) is 12.1. The Morgan fingerprint density at radius 1 is 1.20 bits per heavy atom. The van der Waals surface area contributed by atoms with Crippen molar-refractivity contribution in [2.24, 2.45) is 0 Å². The zero-order valence-corrected chi connectivity index (χ0v) is 11.3. The van der Waals surface area contributed by atoms with Gasteiger partial charge in [-0.05, 0) is 34.9 Å². The van der Waals surface area contributed by atoms with Gasteiger partial charge < -0.3 is 10.2 Å². The number of hydrogen-bond acceptors (Lipinski definition) is 4. The Labute approximate surface area is 94.0 Å². The third kappa shape index (κ3) is 6.12. The molecule has 1 atom stereocenters. The van der Waals surface area contributed by atoms with Crippen molar-refractivity contribution >= 4 is 9.84 Å². The van der Waals surface area contributed by atoms with Gasteiger partial charge in [-0.3, -0.25) is 0 Å². The molecule has 0 spiro atoms. The van der Waals surface area contributed by atoms with Gasteiger partial charge in [0, 0.05) is 19.1 Å². The summed E-state index contributed by atoms with van der Waals surface area (Å²) in [5.74, 6) is 0.227. The molecule has 0 aliphatic carbocycles. The molecule has 1 N–H and O–H groups in total. The molecule has 1 unspecified atom stereocenters. The highest BCUT2D eigenvalue weighted by Crippen LogP contribution is 1.99. The van der Waals surface area contributed by atoms with Crippen LogP contribution in [0.3, 0.4) is 0 Å². The van der Waals surface area contributed by atoms with Gasteiger partial charge >= 0.3 is 0 Å². The highest BCUT2D eigenvalue weighted by molar-refractivity contribution is 7.92. The third-order valence-corrected chi connectivity index (χ3v) is 4.81. The van der Waals surface area contributed by atoms with Crippen molar-refractivity contribution in [1.29, 1.82) is 0 Å². The van der Waals surface area contributed by atoms with E-state index in [1.165, 1.54) is 0 Å². The monoisotopic (exact) mass is 236 g/mol. The number of likely N-dealkylation sites (N-methyl/N-ethyl adjacent to an activating group) is 1. The Bertz CT molecular complexity index is 261. The van der Waals surface area contributed by atoms with E-state index in [4.69, 9.17) is 0 Å². The average molecular weight is 236 g/mol. The maximum Gasteiger partial charge on any atom is 0.153 e. The first kappa shape index (κ1) is 14.9. The minimum Gasteiger partial charge on any atom is -0.314 e. The molecule has 0 aliphatic rings. The summed E-state index contributed by atoms with van der Waals surface area (Å²) in [6.45, 7) is 6.90. The Morgan fingerprint density at radius 3 is 2.13 bits per heavy atom. The predicted octanol–water partition coefficient (Wildman–Crippen LogP) is 0.349. The molecule has 0 saturated carbocycles. The normalized spacial score (nSPS) is 14.9. The third-order valence-electron chi connectivity index (χ3n) is 2.60. The molecule has 0 fully saturated rings. The molecule has 0 saturated heterocycles. The second kappa shape index (κ2) is 6.45. The average Bonchev–Trinajstić information content (AvgIpc) is 2.11. The molecule has 5 heteroatoms. The van der Waals surface area contributed by atoms with Crippen molar-refractivity contribution in [3.05, 3.63) is 0 Å². The van der Waals surface area contributed by atoms with E-state index in [2.05, 4.69) is 17.1 Å². The molecule has 4 nitrogen and oxygen atoms in total. The largest absolute Gasteiger partial charge is 0.314 e. The molecule has 0 bridgehead atoms. The van der Waals surface area contributed by atoms with E-state index in [0.717, 1.165) is 6.54 Å². The van der Waals surface area contributed by atoms with Gasteiger partial charge in [-0.15, -0.1) is 0 Å². The first-order valence-electron chi connectivity index (χ1n) is 5.36. The van der Waals surface area contributed by atoms with E-state index >= 15 is 0 Å². The van der Waals surface area contributed by atoms with Crippen LogP contribution in [-0.2, 0) is 9.84 Å². The molecule has 0 heterocycles. The molecular formula is C10H24N2O2S. The predicted molar refractivity (Wildman–Crippen MR) is 64.9 cm³/mol. The fourth-order valence-corrected chi connectivity index (χ4v) is 1.84. The van der Waals surface area contributed by atoms with Crippen molar-refractivity contribution in [3.63, 3.8) is 0 Å². The Hall–Kier alpha value is -0.130. The fraction of sp³-hybridized carbons (Fsp3) is 1.00. The molecule has 92 valence electrons. The van der Waals surface area contributed by atoms with Crippen molar-refractivity contribution in [1.82, 2.24) is 10.2 Å². The lowest BCUT2D eigenvalue weighted by molar-refractivity contribution is 0.305. The van der Waals surface area contributed by atoms with Crippen molar-refractivity contribution in [3.8, 4) is 0 Å². The standard InChI is InChI=1S/C10H24N2O2S/c1-9(2)15(13,14)7-6-11-8-10(3)12(4)5/h9-11H,6-8H2,1-5H3. The number of rotatable bonds is 7. The highest BCUT2D eigenvalue weighted by atomic mass is 32.2. The summed E-state index contributed by atoms with van der Waals surface area (Å²) < 4.78 is 22.9. The second-order valence-corrected chi connectivity index (χ2v) is 7.11. The van der Waals surface area contributed by atoms with Crippen LogP contribution in [0.25, 0.3) is 0 Å². The van der Waals surface area contributed by atoms with Gasteiger partial charge in [0.15, 0.2) is 9.84 Å². The van der Waals surface area contributed by atoms with Gasteiger partial charge in [0.1, 0.15) is 0 Å². The van der Waals surface area contributed by atoms with E-state index in [-0.39, 0.29) is 11.0 Å². The minimum absolute atomic E-state index is 0.227. The van der Waals surface area contributed by atoms with Gasteiger partial charge in [-0.2, -0.15) is 0 Å². The molecule has 0 rings (SSSR count). The van der Waals surface area contributed by atoms with E-state index < -0.39 is 9.84 Å². The van der Waals surface area contributed by atoms with Crippen LogP contribution in [-0.4, -0.2) is 57.5 Å². The number of sulfone groups is 1. The van der Waals surface area contributed by atoms with Crippen LogP contribution in [0.1, 0.15) is 20.8 Å². The zero-order valence-electron chi connectivity index (χ0n) is 10.4. The summed E-state index contributed by atoms with van der Waals surface area (Å²) in [4.78, 5) is 2.10. The summed E-state index contributed by atoms with van der Waals surface area (Å²) in [7, 11) is 1.13. The van der Waals surface area contributed by atoms with Crippen LogP contribution in [0, 0.1) is 0 Å². The van der Waals surface area contributed by atoms with Crippen LogP contribution < -0.4 is 5.32 Å². The van der Waals surface area contributed by atoms with Gasteiger partial charge in [-0.25, -0.2) is 8.42 Å². The van der Waals surface area contributed by atoms with Crippen molar-refractivity contribution in [2.75, 3.05) is 32.9 Å². The van der Waals surface area contributed by atoms with Gasteiger partial charge in [0.05, 0.1) is 11.0 Å². The second-order valence-electron chi connectivity index (χ2n) is 4.43. The van der Waals surface area contributed by atoms with Gasteiger partial charge in [0.2, 0.25) is 0 Å². The van der Waals surface area contributed by atoms with Crippen LogP contribution in [0.2, 0.25) is 0 Å². The summed E-state index contributed by atoms with van der Waals surface area (Å²) in [6.07, 6.45) is 0. The van der Waals surface area contributed by atoms with Gasteiger partial charge in [0.25, 0.3) is 0 Å². The fourth-order valence-electron chi connectivity index (χ4n) is 0.944. The Morgan fingerprint density at radius 2 is 1.73 bits per heavy atom. The molecular weight excluding hydrogens is 212 g/mol. The summed E-state index contributed by atoms with van der Waals surface area (Å²) >= 11 is 0. The summed E-state index contributed by atoms with van der Waals surface area (Å²) in [5, 5.41) is 2.88. The minimum atomic E-state index is -2.89. The van der Waals surface area contributed by atoms with Crippen LogP contribution in [0.15, 0.2) is 0 Å². The van der Waals surface area contributed by atoms with E-state index in [0.29, 0.717) is 12.6 Å². The molecule has 15 heavy (non-hydrogen) atoms. The Balaban J connectivity index is 3.73. The lowest BCUT2D eigenvalue weighted by Crippen LogP contribution is -2.37. The van der Waals surface area contributed by atoms with Crippen molar-refractivity contribution in [2.45, 2.75) is 32.1 Å². The summed E-state index contributed by atoms with van der Waals surface area (Å²) in [6, 6.07) is 0.423. The quantitative estimate of drug-likeness (QED) is 0.648. The van der Waals surface area contributed by atoms with E-state index in [1.54, 1.807) is 13.8 Å². The molecule has 0 aromatic heterocycles. The summed E-state index contributed by atoms with van der Waals surface area (Å²) in [5.41, 5.74) is 0. The van der Waals surface area contributed by atoms with E-state index in [1.807, 2.05) is 14.1 Å². The lowest BCUT2D eigenvalue weighted by atomic mass is 10.3. The lowest BCUT2D eigenvalue weighted by Gasteiger charge is -2.20. The number of nitrogens with one attached hydrogen (secondary N) is 1. The van der Waals surface area contributed by atoms with Crippen LogP contribution >= 0.6 is 0 Å². The maximum atomic E-state index is 11.5. The number of hydrogen-bond donors (Lipinski definition) is 1. The SMILES string of the molecule is CC(CNCCS(=O)(=O)C(C)C)N(C)C. The smallest absolute Gasteiger partial charge is 0.153 e.